The van der Waals surface area contributed by atoms with Crippen LogP contribution in [0.4, 0.5) is 5.69 Å². The van der Waals surface area contributed by atoms with Crippen LogP contribution < -0.4 is 13.7 Å². The van der Waals surface area contributed by atoms with Gasteiger partial charge >= 0.3 is 15.8 Å². The Hall–Kier alpha value is -2.81. The number of benzene rings is 2. The van der Waals surface area contributed by atoms with Crippen molar-refractivity contribution in [2.45, 2.75) is 11.8 Å². The topological polar surface area (TPSA) is 105 Å². The molecule has 0 spiro atoms. The van der Waals surface area contributed by atoms with Crippen molar-refractivity contribution >= 4 is 15.8 Å². The van der Waals surface area contributed by atoms with Crippen LogP contribution >= 0.6 is 0 Å². The minimum Gasteiger partial charge on any atom is -0.497 e. The van der Waals surface area contributed by atoms with Gasteiger partial charge in [0.25, 0.3) is 0 Å². The molecule has 0 fully saturated rings. The molecule has 0 aromatic heterocycles. The highest BCUT2D eigenvalue weighted by Crippen LogP contribution is 2.34. The van der Waals surface area contributed by atoms with Crippen molar-refractivity contribution in [3.63, 3.8) is 0 Å². The highest BCUT2D eigenvalue weighted by molar-refractivity contribution is 7.87. The van der Waals surface area contributed by atoms with Crippen LogP contribution in [0.15, 0.2) is 41.3 Å². The Morgan fingerprint density at radius 2 is 1.67 bits per heavy atom. The van der Waals surface area contributed by atoms with E-state index in [1.54, 1.807) is 6.92 Å². The summed E-state index contributed by atoms with van der Waals surface area (Å²) < 4.78 is 40.0. The molecule has 0 heterocycles. The lowest BCUT2D eigenvalue weighted by Crippen LogP contribution is -2.12. The minimum atomic E-state index is -4.37. The summed E-state index contributed by atoms with van der Waals surface area (Å²) in [6.07, 6.45) is 0. The van der Waals surface area contributed by atoms with Crippen LogP contribution in [0.25, 0.3) is 0 Å². The van der Waals surface area contributed by atoms with Crippen LogP contribution in [-0.4, -0.2) is 27.6 Å². The summed E-state index contributed by atoms with van der Waals surface area (Å²) in [7, 11) is -1.69. The predicted octanol–water partition coefficient (Wildman–Crippen LogP) is 2.69. The Bertz CT molecular complexity index is 877. The summed E-state index contributed by atoms with van der Waals surface area (Å²) in [6, 6.07) is 8.12. The van der Waals surface area contributed by atoms with Gasteiger partial charge in [0.15, 0.2) is 4.90 Å². The van der Waals surface area contributed by atoms with Crippen molar-refractivity contribution < 1.29 is 27.0 Å². The van der Waals surface area contributed by atoms with Gasteiger partial charge in [0.2, 0.25) is 5.75 Å². The lowest BCUT2D eigenvalue weighted by atomic mass is 10.2. The molecule has 24 heavy (non-hydrogen) atoms. The first kappa shape index (κ1) is 17.5. The van der Waals surface area contributed by atoms with Gasteiger partial charge in [-0.3, -0.25) is 10.1 Å². The van der Waals surface area contributed by atoms with Gasteiger partial charge in [0.05, 0.1) is 19.1 Å². The quantitative estimate of drug-likeness (QED) is 0.446. The zero-order valence-electron chi connectivity index (χ0n) is 13.2. The number of hydrogen-bond acceptors (Lipinski definition) is 7. The third-order valence-electron chi connectivity index (χ3n) is 3.15. The van der Waals surface area contributed by atoms with Crippen LogP contribution in [0.2, 0.25) is 0 Å². The summed E-state index contributed by atoms with van der Waals surface area (Å²) in [5.74, 6) is -0.0718. The van der Waals surface area contributed by atoms with E-state index in [9.17, 15) is 18.5 Å². The molecule has 0 saturated heterocycles. The zero-order chi connectivity index (χ0) is 17.9. The molecular formula is C15H15NO7S. The largest absolute Gasteiger partial charge is 0.497 e. The maximum absolute atomic E-state index is 12.5. The van der Waals surface area contributed by atoms with E-state index in [0.29, 0.717) is 5.56 Å². The molecule has 2 aromatic rings. The minimum absolute atomic E-state index is 0.0329. The Morgan fingerprint density at radius 1 is 1.00 bits per heavy atom. The zero-order valence-corrected chi connectivity index (χ0v) is 14.0. The summed E-state index contributed by atoms with van der Waals surface area (Å²) in [5, 5.41) is 11.1. The molecule has 0 bridgehead atoms. The van der Waals surface area contributed by atoms with Gasteiger partial charge in [0.1, 0.15) is 11.5 Å². The lowest BCUT2D eigenvalue weighted by Gasteiger charge is -2.12. The van der Waals surface area contributed by atoms with E-state index >= 15 is 0 Å². The SMILES string of the molecule is COc1ccc(OC)c(S(=O)(=O)Oc2ccc(C)cc2[N+](=O)[O-])c1. The highest BCUT2D eigenvalue weighted by atomic mass is 32.2. The average molecular weight is 353 g/mol. The first-order valence-electron chi connectivity index (χ1n) is 6.70. The molecule has 128 valence electrons. The van der Waals surface area contributed by atoms with E-state index in [0.717, 1.165) is 0 Å². The number of rotatable bonds is 6. The van der Waals surface area contributed by atoms with Gasteiger partial charge in [-0.15, -0.1) is 0 Å². The van der Waals surface area contributed by atoms with E-state index < -0.39 is 20.7 Å². The molecule has 9 heteroatoms. The van der Waals surface area contributed by atoms with Crippen LogP contribution in [0.3, 0.4) is 0 Å². The number of nitro benzene ring substituents is 1. The monoisotopic (exact) mass is 353 g/mol. The number of aryl methyl sites for hydroxylation is 1. The smallest absolute Gasteiger partial charge is 0.343 e. The van der Waals surface area contributed by atoms with Gasteiger partial charge < -0.3 is 13.7 Å². The van der Waals surface area contributed by atoms with Crippen molar-refractivity contribution in [2.75, 3.05) is 14.2 Å². The molecule has 0 amide bonds. The van der Waals surface area contributed by atoms with E-state index in [1.165, 1.54) is 50.6 Å². The van der Waals surface area contributed by atoms with Gasteiger partial charge in [0, 0.05) is 12.1 Å². The van der Waals surface area contributed by atoms with Crippen molar-refractivity contribution in [2.24, 2.45) is 0 Å². The normalized spacial score (nSPS) is 11.0. The van der Waals surface area contributed by atoms with Gasteiger partial charge in [-0.2, -0.15) is 8.42 Å². The number of hydrogen-bond donors (Lipinski definition) is 0. The van der Waals surface area contributed by atoms with E-state index in [1.807, 2.05) is 0 Å². The van der Waals surface area contributed by atoms with Crippen LogP contribution in [0, 0.1) is 17.0 Å². The fourth-order valence-corrected chi connectivity index (χ4v) is 3.11. The molecule has 0 radical (unpaired) electrons. The van der Waals surface area contributed by atoms with E-state index in [2.05, 4.69) is 0 Å². The van der Waals surface area contributed by atoms with Crippen LogP contribution in [-0.2, 0) is 10.1 Å². The second-order valence-corrected chi connectivity index (χ2v) is 6.30. The van der Waals surface area contributed by atoms with Gasteiger partial charge in [-0.1, -0.05) is 6.07 Å². The summed E-state index contributed by atoms with van der Waals surface area (Å²) in [5.41, 5.74) is 0.158. The molecule has 0 N–H and O–H groups in total. The third-order valence-corrected chi connectivity index (χ3v) is 4.41. The molecule has 0 aliphatic rings. The second-order valence-electron chi connectivity index (χ2n) is 4.78. The molecule has 0 aliphatic carbocycles. The Morgan fingerprint density at radius 3 is 2.25 bits per heavy atom. The number of nitro groups is 1. The van der Waals surface area contributed by atoms with Crippen molar-refractivity contribution in [1.82, 2.24) is 0 Å². The fraction of sp³-hybridized carbons (Fsp3) is 0.200. The predicted molar refractivity (Wildman–Crippen MR) is 85.2 cm³/mol. The lowest BCUT2D eigenvalue weighted by molar-refractivity contribution is -0.385. The van der Waals surface area contributed by atoms with Gasteiger partial charge in [-0.05, 0) is 30.7 Å². The maximum Gasteiger partial charge on any atom is 0.343 e. The van der Waals surface area contributed by atoms with Crippen molar-refractivity contribution in [3.05, 3.63) is 52.1 Å². The second kappa shape index (κ2) is 6.75. The Kier molecular flexibility index (Phi) is 4.93. The molecule has 8 nitrogen and oxygen atoms in total. The van der Waals surface area contributed by atoms with Crippen LogP contribution in [0.5, 0.6) is 17.2 Å². The first-order valence-corrected chi connectivity index (χ1v) is 8.11. The van der Waals surface area contributed by atoms with E-state index in [-0.39, 0.29) is 22.1 Å². The molecule has 0 aliphatic heterocycles. The Balaban J connectivity index is 2.52. The summed E-state index contributed by atoms with van der Waals surface area (Å²) in [6.45, 7) is 1.65. The van der Waals surface area contributed by atoms with Crippen LogP contribution in [0.1, 0.15) is 5.56 Å². The first-order chi connectivity index (χ1) is 11.3. The molecule has 2 aromatic carbocycles. The summed E-state index contributed by atoms with van der Waals surface area (Å²) in [4.78, 5) is 10.1. The van der Waals surface area contributed by atoms with Crippen molar-refractivity contribution in [1.29, 1.82) is 0 Å². The Labute approximate surface area is 138 Å². The number of nitrogens with zero attached hydrogens (tertiary/aromatic N) is 1. The summed E-state index contributed by atoms with van der Waals surface area (Å²) >= 11 is 0. The van der Waals surface area contributed by atoms with Crippen molar-refractivity contribution in [3.8, 4) is 17.2 Å². The number of ether oxygens (including phenoxy) is 2. The fourth-order valence-electron chi connectivity index (χ4n) is 1.98. The standard InChI is InChI=1S/C15H15NO7S/c1-10-4-6-13(12(8-10)16(17)18)23-24(19,20)15-9-11(21-2)5-7-14(15)22-3/h4-9H,1-3H3. The maximum atomic E-state index is 12.5. The number of methoxy groups -OCH3 is 2. The average Bonchev–Trinajstić information content (AvgIpc) is 2.55. The van der Waals surface area contributed by atoms with Gasteiger partial charge in [-0.25, -0.2) is 0 Å². The molecule has 0 atom stereocenters. The molecule has 0 saturated carbocycles. The molecular weight excluding hydrogens is 338 g/mol. The molecule has 0 unspecified atom stereocenters. The molecule has 2 rings (SSSR count). The highest BCUT2D eigenvalue weighted by Gasteiger charge is 2.27. The third kappa shape index (κ3) is 3.57. The van der Waals surface area contributed by atoms with E-state index in [4.69, 9.17) is 13.7 Å².